The number of anilines is 1. The summed E-state index contributed by atoms with van der Waals surface area (Å²) in [5.41, 5.74) is 6.42. The summed E-state index contributed by atoms with van der Waals surface area (Å²) < 4.78 is 6.28. The number of carboxylic acid groups (broad SMARTS) is 1. The Morgan fingerprint density at radius 2 is 2.24 bits per heavy atom. The molecule has 0 unspecified atom stereocenters. The zero-order valence-electron chi connectivity index (χ0n) is 9.43. The highest BCUT2D eigenvalue weighted by Crippen LogP contribution is 2.33. The lowest BCUT2D eigenvalue weighted by Gasteiger charge is -2.10. The van der Waals surface area contributed by atoms with Crippen LogP contribution in [0.25, 0.3) is 10.2 Å². The maximum Gasteiger partial charge on any atom is 0.335 e. The molecule has 0 aliphatic rings. The van der Waals surface area contributed by atoms with Crippen LogP contribution in [-0.4, -0.2) is 22.2 Å². The molecular formula is C11H12N2O3S. The molecule has 0 spiro atoms. The Bertz CT molecular complexity index is 577. The molecule has 1 heterocycles. The third-order valence-electron chi connectivity index (χ3n) is 2.09. The molecule has 2 rings (SSSR count). The summed E-state index contributed by atoms with van der Waals surface area (Å²) in [6, 6.07) is 3.03. The predicted octanol–water partition coefficient (Wildman–Crippen LogP) is 2.36. The van der Waals surface area contributed by atoms with Crippen LogP contribution in [0.15, 0.2) is 12.1 Å². The number of fused-ring (bicyclic) bond motifs is 1. The number of carboxylic acids is 1. The van der Waals surface area contributed by atoms with Crippen LogP contribution in [0.5, 0.6) is 5.75 Å². The number of hydrogen-bond donors (Lipinski definition) is 2. The van der Waals surface area contributed by atoms with Crippen molar-refractivity contribution < 1.29 is 14.6 Å². The SMILES string of the molecule is CC(C)Oc1cc(C(=O)O)cc2sc(N)nc12. The van der Waals surface area contributed by atoms with Crippen LogP contribution < -0.4 is 10.5 Å². The Kier molecular flexibility index (Phi) is 2.89. The van der Waals surface area contributed by atoms with E-state index in [4.69, 9.17) is 15.6 Å². The van der Waals surface area contributed by atoms with E-state index in [1.165, 1.54) is 17.4 Å². The van der Waals surface area contributed by atoms with Gasteiger partial charge in [-0.25, -0.2) is 9.78 Å². The van der Waals surface area contributed by atoms with Gasteiger partial charge < -0.3 is 15.6 Å². The number of nitrogen functional groups attached to an aromatic ring is 1. The van der Waals surface area contributed by atoms with Crippen molar-refractivity contribution in [3.8, 4) is 5.75 Å². The van der Waals surface area contributed by atoms with Crippen molar-refractivity contribution >= 4 is 32.7 Å². The zero-order chi connectivity index (χ0) is 12.6. The van der Waals surface area contributed by atoms with Gasteiger partial charge in [-0.15, -0.1) is 0 Å². The van der Waals surface area contributed by atoms with E-state index in [2.05, 4.69) is 4.98 Å². The van der Waals surface area contributed by atoms with Crippen LogP contribution in [0.3, 0.4) is 0 Å². The minimum Gasteiger partial charge on any atom is -0.489 e. The van der Waals surface area contributed by atoms with Crippen LogP contribution in [0.4, 0.5) is 5.13 Å². The van der Waals surface area contributed by atoms with E-state index in [0.29, 0.717) is 16.4 Å². The van der Waals surface area contributed by atoms with Gasteiger partial charge in [-0.2, -0.15) is 0 Å². The summed E-state index contributed by atoms with van der Waals surface area (Å²) in [6.45, 7) is 3.74. The van der Waals surface area contributed by atoms with Crippen LogP contribution in [0.2, 0.25) is 0 Å². The fourth-order valence-electron chi connectivity index (χ4n) is 1.48. The highest BCUT2D eigenvalue weighted by atomic mass is 32.1. The third kappa shape index (κ3) is 2.31. The minimum atomic E-state index is -0.993. The van der Waals surface area contributed by atoms with Crippen molar-refractivity contribution in [1.82, 2.24) is 4.98 Å². The number of ether oxygens (including phenoxy) is 1. The fraction of sp³-hybridized carbons (Fsp3) is 0.273. The first-order valence-corrected chi connectivity index (χ1v) is 5.89. The average molecular weight is 252 g/mol. The molecule has 17 heavy (non-hydrogen) atoms. The molecule has 1 aromatic heterocycles. The van der Waals surface area contributed by atoms with E-state index in [-0.39, 0.29) is 11.7 Å². The third-order valence-corrected chi connectivity index (χ3v) is 2.92. The van der Waals surface area contributed by atoms with E-state index in [1.807, 2.05) is 13.8 Å². The second-order valence-corrected chi connectivity index (χ2v) is 4.91. The molecule has 1 aromatic carbocycles. The number of rotatable bonds is 3. The predicted molar refractivity (Wildman–Crippen MR) is 66.8 cm³/mol. The summed E-state index contributed by atoms with van der Waals surface area (Å²) in [4.78, 5) is 15.1. The summed E-state index contributed by atoms with van der Waals surface area (Å²) in [5.74, 6) is -0.532. The van der Waals surface area contributed by atoms with Crippen LogP contribution in [0.1, 0.15) is 24.2 Å². The fourth-order valence-corrected chi connectivity index (χ4v) is 2.27. The molecule has 3 N–H and O–H groups in total. The molecule has 0 fully saturated rings. The number of nitrogens with zero attached hydrogens (tertiary/aromatic N) is 1. The summed E-state index contributed by atoms with van der Waals surface area (Å²) in [7, 11) is 0. The molecule has 0 bridgehead atoms. The van der Waals surface area contributed by atoms with E-state index in [0.717, 1.165) is 4.70 Å². The molecule has 0 saturated heterocycles. The number of aromatic carboxylic acids is 1. The molecule has 90 valence electrons. The zero-order valence-corrected chi connectivity index (χ0v) is 10.2. The molecule has 0 aliphatic carbocycles. The van der Waals surface area contributed by atoms with Crippen LogP contribution in [0, 0.1) is 0 Å². The van der Waals surface area contributed by atoms with Gasteiger partial charge >= 0.3 is 5.97 Å². The first kappa shape index (κ1) is 11.7. The van der Waals surface area contributed by atoms with Crippen molar-refractivity contribution in [2.75, 3.05) is 5.73 Å². The Balaban J connectivity index is 2.64. The highest BCUT2D eigenvalue weighted by molar-refractivity contribution is 7.22. The molecule has 0 aliphatic heterocycles. The Labute approximate surface area is 102 Å². The quantitative estimate of drug-likeness (QED) is 0.875. The largest absolute Gasteiger partial charge is 0.489 e. The summed E-state index contributed by atoms with van der Waals surface area (Å²) >= 11 is 1.25. The molecule has 2 aromatic rings. The average Bonchev–Trinajstić information content (AvgIpc) is 2.57. The normalized spacial score (nSPS) is 11.0. The van der Waals surface area contributed by atoms with E-state index in [9.17, 15) is 4.79 Å². The molecule has 0 atom stereocenters. The smallest absolute Gasteiger partial charge is 0.335 e. The Morgan fingerprint density at radius 1 is 1.53 bits per heavy atom. The first-order chi connectivity index (χ1) is 7.97. The van der Waals surface area contributed by atoms with Crippen LogP contribution in [-0.2, 0) is 0 Å². The number of hydrogen-bond acceptors (Lipinski definition) is 5. The summed E-state index contributed by atoms with van der Waals surface area (Å²) in [6.07, 6.45) is -0.0508. The van der Waals surface area contributed by atoms with Crippen molar-refractivity contribution in [2.24, 2.45) is 0 Å². The summed E-state index contributed by atoms with van der Waals surface area (Å²) in [5, 5.41) is 9.41. The Hall–Kier alpha value is -1.82. The van der Waals surface area contributed by atoms with Gasteiger partial charge in [-0.1, -0.05) is 11.3 Å². The van der Waals surface area contributed by atoms with Crippen molar-refractivity contribution in [1.29, 1.82) is 0 Å². The van der Waals surface area contributed by atoms with Gasteiger partial charge in [0.05, 0.1) is 16.4 Å². The monoisotopic (exact) mass is 252 g/mol. The van der Waals surface area contributed by atoms with Gasteiger partial charge in [0, 0.05) is 0 Å². The molecule has 0 radical (unpaired) electrons. The number of nitrogens with two attached hydrogens (primary N) is 1. The van der Waals surface area contributed by atoms with Crippen molar-refractivity contribution in [3.63, 3.8) is 0 Å². The van der Waals surface area contributed by atoms with Gasteiger partial charge in [-0.3, -0.25) is 0 Å². The number of aromatic nitrogens is 1. The maximum absolute atomic E-state index is 11.0. The van der Waals surface area contributed by atoms with Gasteiger partial charge in [0.25, 0.3) is 0 Å². The standard InChI is InChI=1S/C11H12N2O3S/c1-5(2)16-7-3-6(10(14)15)4-8-9(7)13-11(12)17-8/h3-5H,1-2H3,(H2,12,13)(H,14,15). The molecule has 0 amide bonds. The van der Waals surface area contributed by atoms with Crippen molar-refractivity contribution in [2.45, 2.75) is 20.0 Å². The maximum atomic E-state index is 11.0. The molecular weight excluding hydrogens is 240 g/mol. The lowest BCUT2D eigenvalue weighted by molar-refractivity contribution is 0.0696. The topological polar surface area (TPSA) is 85.4 Å². The number of carbonyl (C=O) groups is 1. The minimum absolute atomic E-state index is 0.0508. The lowest BCUT2D eigenvalue weighted by atomic mass is 10.2. The van der Waals surface area contributed by atoms with E-state index < -0.39 is 5.97 Å². The molecule has 5 nitrogen and oxygen atoms in total. The highest BCUT2D eigenvalue weighted by Gasteiger charge is 2.14. The first-order valence-electron chi connectivity index (χ1n) is 5.07. The van der Waals surface area contributed by atoms with E-state index in [1.54, 1.807) is 6.07 Å². The Morgan fingerprint density at radius 3 is 2.82 bits per heavy atom. The van der Waals surface area contributed by atoms with Gasteiger partial charge in [-0.05, 0) is 26.0 Å². The molecule has 0 saturated carbocycles. The van der Waals surface area contributed by atoms with Crippen molar-refractivity contribution in [3.05, 3.63) is 17.7 Å². The van der Waals surface area contributed by atoms with Gasteiger partial charge in [0.1, 0.15) is 11.3 Å². The molecule has 6 heteroatoms. The second-order valence-electron chi connectivity index (χ2n) is 3.84. The number of benzene rings is 1. The number of thiazole rings is 1. The van der Waals surface area contributed by atoms with Gasteiger partial charge in [0.2, 0.25) is 0 Å². The second kappa shape index (κ2) is 4.21. The van der Waals surface area contributed by atoms with Crippen LogP contribution >= 0.6 is 11.3 Å². The van der Waals surface area contributed by atoms with Gasteiger partial charge in [0.15, 0.2) is 5.13 Å². The lowest BCUT2D eigenvalue weighted by Crippen LogP contribution is -2.07. The van der Waals surface area contributed by atoms with E-state index >= 15 is 0 Å².